The van der Waals surface area contributed by atoms with Crippen molar-refractivity contribution in [1.82, 2.24) is 4.98 Å². The van der Waals surface area contributed by atoms with Crippen LogP contribution in [0.5, 0.6) is 0 Å². The van der Waals surface area contributed by atoms with Gasteiger partial charge in [0.05, 0.1) is 28.4 Å². The standard InChI is InChI=1S/C15H19N3O3S/c1-10(2)7-11-8-12-14(9-13(11)18(19)20)22-15(16-12)17-3-5-21-6-4-17/h8-10H,3-7H2,1-2H3. The average molecular weight is 321 g/mol. The Kier molecular flexibility index (Phi) is 4.26. The van der Waals surface area contributed by atoms with Crippen molar-refractivity contribution >= 4 is 32.4 Å². The van der Waals surface area contributed by atoms with Gasteiger partial charge in [0.25, 0.3) is 5.69 Å². The Morgan fingerprint density at radius 3 is 2.77 bits per heavy atom. The summed E-state index contributed by atoms with van der Waals surface area (Å²) in [5, 5.41) is 12.2. The second-order valence-electron chi connectivity index (χ2n) is 5.90. The van der Waals surface area contributed by atoms with Crippen LogP contribution < -0.4 is 4.90 Å². The van der Waals surface area contributed by atoms with Crippen molar-refractivity contribution in [2.24, 2.45) is 5.92 Å². The maximum Gasteiger partial charge on any atom is 0.274 e. The van der Waals surface area contributed by atoms with Crippen LogP contribution in [0.25, 0.3) is 10.2 Å². The van der Waals surface area contributed by atoms with Gasteiger partial charge in [0.15, 0.2) is 5.13 Å². The molecule has 1 saturated heterocycles. The zero-order valence-corrected chi connectivity index (χ0v) is 13.6. The summed E-state index contributed by atoms with van der Waals surface area (Å²) < 4.78 is 6.23. The third-order valence-electron chi connectivity index (χ3n) is 3.68. The van der Waals surface area contributed by atoms with Crippen molar-refractivity contribution in [2.75, 3.05) is 31.2 Å². The number of ether oxygens (including phenoxy) is 1. The van der Waals surface area contributed by atoms with Crippen LogP contribution in [0.3, 0.4) is 0 Å². The molecule has 0 aliphatic carbocycles. The van der Waals surface area contributed by atoms with Gasteiger partial charge in [0.1, 0.15) is 0 Å². The van der Waals surface area contributed by atoms with Gasteiger partial charge in [0, 0.05) is 24.7 Å². The maximum atomic E-state index is 11.3. The lowest BCUT2D eigenvalue weighted by atomic mass is 10.0. The molecule has 1 aliphatic heterocycles. The molecule has 0 amide bonds. The van der Waals surface area contributed by atoms with E-state index in [0.29, 0.717) is 25.6 Å². The number of hydrogen-bond donors (Lipinski definition) is 0. The minimum absolute atomic E-state index is 0.207. The number of nitrogens with zero attached hydrogens (tertiary/aromatic N) is 3. The van der Waals surface area contributed by atoms with Crippen molar-refractivity contribution in [1.29, 1.82) is 0 Å². The molecule has 0 radical (unpaired) electrons. The number of morpholine rings is 1. The van der Waals surface area contributed by atoms with Gasteiger partial charge >= 0.3 is 0 Å². The normalized spacial score (nSPS) is 15.7. The third kappa shape index (κ3) is 3.05. The summed E-state index contributed by atoms with van der Waals surface area (Å²) in [7, 11) is 0. The van der Waals surface area contributed by atoms with E-state index in [0.717, 1.165) is 34.0 Å². The molecule has 1 fully saturated rings. The van der Waals surface area contributed by atoms with Crippen molar-refractivity contribution < 1.29 is 9.66 Å². The van der Waals surface area contributed by atoms with E-state index >= 15 is 0 Å². The van der Waals surface area contributed by atoms with Gasteiger partial charge in [0.2, 0.25) is 0 Å². The second-order valence-corrected chi connectivity index (χ2v) is 6.91. The van der Waals surface area contributed by atoms with E-state index in [2.05, 4.69) is 23.7 Å². The van der Waals surface area contributed by atoms with Crippen molar-refractivity contribution in [3.63, 3.8) is 0 Å². The van der Waals surface area contributed by atoms with Crippen LogP contribution in [0.4, 0.5) is 10.8 Å². The Morgan fingerprint density at radius 1 is 1.41 bits per heavy atom. The molecule has 0 atom stereocenters. The zero-order chi connectivity index (χ0) is 15.7. The van der Waals surface area contributed by atoms with Crippen LogP contribution >= 0.6 is 11.3 Å². The minimum atomic E-state index is -0.286. The molecular weight excluding hydrogens is 302 g/mol. The Bertz CT molecular complexity index is 693. The first-order chi connectivity index (χ1) is 10.5. The summed E-state index contributed by atoms with van der Waals surface area (Å²) in [4.78, 5) is 17.9. The highest BCUT2D eigenvalue weighted by atomic mass is 32.1. The predicted molar refractivity (Wildman–Crippen MR) is 87.8 cm³/mol. The van der Waals surface area contributed by atoms with Crippen molar-refractivity contribution in [3.8, 4) is 0 Å². The first kappa shape index (κ1) is 15.2. The van der Waals surface area contributed by atoms with Crippen LogP contribution in [0.1, 0.15) is 19.4 Å². The molecule has 2 heterocycles. The number of benzene rings is 1. The number of thiazole rings is 1. The molecule has 3 rings (SSSR count). The highest BCUT2D eigenvalue weighted by Crippen LogP contribution is 2.34. The van der Waals surface area contributed by atoms with Crippen LogP contribution in [0.15, 0.2) is 12.1 Å². The molecule has 6 nitrogen and oxygen atoms in total. The summed E-state index contributed by atoms with van der Waals surface area (Å²) in [6.45, 7) is 7.17. The molecule has 0 spiro atoms. The van der Waals surface area contributed by atoms with Gasteiger partial charge in [-0.15, -0.1) is 0 Å². The van der Waals surface area contributed by atoms with E-state index in [4.69, 9.17) is 4.74 Å². The molecule has 1 aromatic carbocycles. The average Bonchev–Trinajstić information content (AvgIpc) is 2.89. The van der Waals surface area contributed by atoms with Crippen molar-refractivity contribution in [3.05, 3.63) is 27.8 Å². The Hall–Kier alpha value is -1.73. The molecule has 1 aromatic heterocycles. The minimum Gasteiger partial charge on any atom is -0.378 e. The quantitative estimate of drug-likeness (QED) is 0.639. The molecule has 1 aliphatic rings. The first-order valence-corrected chi connectivity index (χ1v) is 8.27. The van der Waals surface area contributed by atoms with E-state index < -0.39 is 0 Å². The predicted octanol–water partition coefficient (Wildman–Crippen LogP) is 3.24. The molecule has 7 heteroatoms. The summed E-state index contributed by atoms with van der Waals surface area (Å²) >= 11 is 1.52. The summed E-state index contributed by atoms with van der Waals surface area (Å²) in [6, 6.07) is 3.56. The Morgan fingerprint density at radius 2 is 2.14 bits per heavy atom. The maximum absolute atomic E-state index is 11.3. The number of aromatic nitrogens is 1. The van der Waals surface area contributed by atoms with Crippen LogP contribution in [0.2, 0.25) is 0 Å². The highest BCUT2D eigenvalue weighted by Gasteiger charge is 2.20. The highest BCUT2D eigenvalue weighted by molar-refractivity contribution is 7.22. The number of nitro groups is 1. The molecule has 118 valence electrons. The smallest absolute Gasteiger partial charge is 0.274 e. The third-order valence-corrected chi connectivity index (χ3v) is 4.76. The molecule has 0 saturated carbocycles. The van der Waals surface area contributed by atoms with Crippen LogP contribution in [0, 0.1) is 16.0 Å². The first-order valence-electron chi connectivity index (χ1n) is 7.45. The fourth-order valence-electron chi connectivity index (χ4n) is 2.66. The van der Waals surface area contributed by atoms with Gasteiger partial charge in [-0.3, -0.25) is 10.1 Å². The van der Waals surface area contributed by atoms with E-state index in [-0.39, 0.29) is 10.6 Å². The summed E-state index contributed by atoms with van der Waals surface area (Å²) in [5.41, 5.74) is 1.83. The largest absolute Gasteiger partial charge is 0.378 e. The van der Waals surface area contributed by atoms with Gasteiger partial charge in [-0.2, -0.15) is 0 Å². The fraction of sp³-hybridized carbons (Fsp3) is 0.533. The number of nitro benzene ring substituents is 1. The van der Waals surface area contributed by atoms with E-state index in [1.165, 1.54) is 11.3 Å². The molecule has 2 aromatic rings. The second kappa shape index (κ2) is 6.18. The van der Waals surface area contributed by atoms with Crippen molar-refractivity contribution in [2.45, 2.75) is 20.3 Å². The Labute approximate surface area is 132 Å². The lowest BCUT2D eigenvalue weighted by Crippen LogP contribution is -2.36. The topological polar surface area (TPSA) is 68.5 Å². The van der Waals surface area contributed by atoms with Crippen LogP contribution in [-0.4, -0.2) is 36.2 Å². The van der Waals surface area contributed by atoms with Gasteiger partial charge < -0.3 is 9.64 Å². The fourth-order valence-corrected chi connectivity index (χ4v) is 3.69. The van der Waals surface area contributed by atoms with E-state index in [1.807, 2.05) is 6.07 Å². The SMILES string of the molecule is CC(C)Cc1cc2nc(N3CCOCC3)sc2cc1[N+](=O)[O-]. The van der Waals surface area contributed by atoms with Gasteiger partial charge in [-0.05, 0) is 18.4 Å². The van der Waals surface area contributed by atoms with E-state index in [9.17, 15) is 10.1 Å². The number of rotatable bonds is 4. The molecular formula is C15H19N3O3S. The molecule has 22 heavy (non-hydrogen) atoms. The van der Waals surface area contributed by atoms with Gasteiger partial charge in [-0.1, -0.05) is 25.2 Å². The van der Waals surface area contributed by atoms with E-state index in [1.54, 1.807) is 6.07 Å². The molecule has 0 unspecified atom stereocenters. The lowest BCUT2D eigenvalue weighted by molar-refractivity contribution is -0.385. The van der Waals surface area contributed by atoms with Crippen LogP contribution in [-0.2, 0) is 11.2 Å². The summed E-state index contributed by atoms with van der Waals surface area (Å²) in [5.74, 6) is 0.369. The number of hydrogen-bond acceptors (Lipinski definition) is 6. The zero-order valence-electron chi connectivity index (χ0n) is 12.7. The summed E-state index contributed by atoms with van der Waals surface area (Å²) in [6.07, 6.45) is 0.691. The monoisotopic (exact) mass is 321 g/mol. The number of anilines is 1. The number of fused-ring (bicyclic) bond motifs is 1. The lowest BCUT2D eigenvalue weighted by Gasteiger charge is -2.25. The van der Waals surface area contributed by atoms with Gasteiger partial charge in [-0.25, -0.2) is 4.98 Å². The Balaban J connectivity index is 2.01. The molecule has 0 N–H and O–H groups in total. The molecule has 0 bridgehead atoms.